The normalized spacial score (nSPS) is 19.5. The lowest BCUT2D eigenvalue weighted by molar-refractivity contribution is 0.0936. The molecule has 2 heteroatoms. The van der Waals surface area contributed by atoms with Gasteiger partial charge in [0.25, 0.3) is 5.91 Å². The van der Waals surface area contributed by atoms with E-state index in [2.05, 4.69) is 38.2 Å². The summed E-state index contributed by atoms with van der Waals surface area (Å²) in [7, 11) is 0. The van der Waals surface area contributed by atoms with Crippen LogP contribution in [-0.4, -0.2) is 12.5 Å². The van der Waals surface area contributed by atoms with E-state index < -0.39 is 0 Å². The third kappa shape index (κ3) is 1.84. The lowest BCUT2D eigenvalue weighted by atomic mass is 9.82. The Balaban J connectivity index is 2.47. The van der Waals surface area contributed by atoms with Gasteiger partial charge in [-0.1, -0.05) is 32.9 Å². The van der Waals surface area contributed by atoms with Gasteiger partial charge in [-0.25, -0.2) is 0 Å². The molecule has 0 saturated carbocycles. The van der Waals surface area contributed by atoms with Crippen LogP contribution in [0, 0.1) is 5.92 Å². The Morgan fingerprint density at radius 3 is 2.81 bits per heavy atom. The molecule has 0 aliphatic carbocycles. The average molecular weight is 217 g/mol. The first-order valence-corrected chi connectivity index (χ1v) is 6.04. The van der Waals surface area contributed by atoms with Gasteiger partial charge in [-0.2, -0.15) is 0 Å². The van der Waals surface area contributed by atoms with Crippen molar-refractivity contribution < 1.29 is 4.79 Å². The third-order valence-corrected chi connectivity index (χ3v) is 3.46. The van der Waals surface area contributed by atoms with E-state index >= 15 is 0 Å². The van der Waals surface area contributed by atoms with Crippen LogP contribution in [0.3, 0.4) is 0 Å². The molecule has 1 heterocycles. The molecule has 1 N–H and O–H groups in total. The number of aryl methyl sites for hydroxylation is 1. The van der Waals surface area contributed by atoms with Gasteiger partial charge in [-0.05, 0) is 29.5 Å². The van der Waals surface area contributed by atoms with Gasteiger partial charge in [-0.15, -0.1) is 0 Å². The predicted octanol–water partition coefficient (Wildman–Crippen LogP) is 2.73. The van der Waals surface area contributed by atoms with Crippen molar-refractivity contribution in [2.45, 2.75) is 33.1 Å². The minimum absolute atomic E-state index is 0.0854. The molecule has 0 radical (unpaired) electrons. The Bertz CT molecular complexity index is 409. The maximum Gasteiger partial charge on any atom is 0.251 e. The summed E-state index contributed by atoms with van der Waals surface area (Å²) >= 11 is 0. The predicted molar refractivity (Wildman–Crippen MR) is 65.7 cm³/mol. The zero-order valence-electron chi connectivity index (χ0n) is 10.2. The summed E-state index contributed by atoms with van der Waals surface area (Å²) in [5, 5.41) is 2.98. The number of rotatable bonds is 2. The van der Waals surface area contributed by atoms with Crippen molar-refractivity contribution in [3.05, 3.63) is 34.9 Å². The van der Waals surface area contributed by atoms with Crippen LogP contribution in [0.4, 0.5) is 0 Å². The number of fused-ring (bicyclic) bond motifs is 1. The molecule has 1 aliphatic heterocycles. The first-order chi connectivity index (χ1) is 7.63. The molecule has 0 spiro atoms. The van der Waals surface area contributed by atoms with Gasteiger partial charge in [0.15, 0.2) is 0 Å². The maximum atomic E-state index is 11.8. The van der Waals surface area contributed by atoms with E-state index in [9.17, 15) is 4.79 Å². The Morgan fingerprint density at radius 1 is 1.44 bits per heavy atom. The Morgan fingerprint density at radius 2 is 2.19 bits per heavy atom. The van der Waals surface area contributed by atoms with Crippen molar-refractivity contribution in [3.63, 3.8) is 0 Å². The average Bonchev–Trinajstić information content (AvgIpc) is 2.29. The van der Waals surface area contributed by atoms with Crippen molar-refractivity contribution >= 4 is 5.91 Å². The lowest BCUT2D eigenvalue weighted by Gasteiger charge is -2.29. The molecule has 0 aromatic heterocycles. The standard InChI is InChI=1S/C14H19NO/c1-4-10-5-6-11-12(7-10)14(16)15-8-13(11)9(2)3/h5-7,9,13H,4,8H2,1-3H3,(H,15,16). The molecular weight excluding hydrogens is 198 g/mol. The number of carbonyl (C=O) groups excluding carboxylic acids is 1. The minimum Gasteiger partial charge on any atom is -0.351 e. The van der Waals surface area contributed by atoms with E-state index in [0.717, 1.165) is 18.5 Å². The van der Waals surface area contributed by atoms with Crippen LogP contribution < -0.4 is 5.32 Å². The van der Waals surface area contributed by atoms with Crippen molar-refractivity contribution in [2.75, 3.05) is 6.54 Å². The molecule has 86 valence electrons. The fraction of sp³-hybridized carbons (Fsp3) is 0.500. The van der Waals surface area contributed by atoms with Gasteiger partial charge in [0.05, 0.1) is 0 Å². The molecule has 2 rings (SSSR count). The summed E-state index contributed by atoms with van der Waals surface area (Å²) in [5.74, 6) is 1.10. The molecule has 1 amide bonds. The molecular formula is C14H19NO. The van der Waals surface area contributed by atoms with Gasteiger partial charge < -0.3 is 5.32 Å². The number of nitrogens with one attached hydrogen (secondary N) is 1. The topological polar surface area (TPSA) is 29.1 Å². The molecule has 1 aromatic carbocycles. The monoisotopic (exact) mass is 217 g/mol. The van der Waals surface area contributed by atoms with E-state index in [4.69, 9.17) is 0 Å². The van der Waals surface area contributed by atoms with Gasteiger partial charge in [-0.3, -0.25) is 4.79 Å². The van der Waals surface area contributed by atoms with E-state index in [-0.39, 0.29) is 5.91 Å². The van der Waals surface area contributed by atoms with Crippen molar-refractivity contribution in [1.82, 2.24) is 5.32 Å². The van der Waals surface area contributed by atoms with Crippen LogP contribution in [0.1, 0.15) is 48.2 Å². The lowest BCUT2D eigenvalue weighted by Crippen LogP contribution is -2.36. The molecule has 1 atom stereocenters. The Labute approximate surface area is 97.1 Å². The largest absolute Gasteiger partial charge is 0.351 e. The number of amides is 1. The molecule has 0 bridgehead atoms. The number of hydrogen-bond donors (Lipinski definition) is 1. The number of benzene rings is 1. The SMILES string of the molecule is CCc1ccc2c(c1)C(=O)NCC2C(C)C. The minimum atomic E-state index is 0.0854. The van der Waals surface area contributed by atoms with Crippen molar-refractivity contribution in [2.24, 2.45) is 5.92 Å². The van der Waals surface area contributed by atoms with Crippen LogP contribution >= 0.6 is 0 Å². The summed E-state index contributed by atoms with van der Waals surface area (Å²) in [6.45, 7) is 7.30. The van der Waals surface area contributed by atoms with Gasteiger partial charge >= 0.3 is 0 Å². The highest BCUT2D eigenvalue weighted by molar-refractivity contribution is 5.97. The van der Waals surface area contributed by atoms with Crippen molar-refractivity contribution in [1.29, 1.82) is 0 Å². The second-order valence-electron chi connectivity index (χ2n) is 4.84. The molecule has 1 unspecified atom stereocenters. The van der Waals surface area contributed by atoms with Crippen molar-refractivity contribution in [3.8, 4) is 0 Å². The summed E-state index contributed by atoms with van der Waals surface area (Å²) < 4.78 is 0. The zero-order chi connectivity index (χ0) is 11.7. The highest BCUT2D eigenvalue weighted by Crippen LogP contribution is 2.30. The fourth-order valence-corrected chi connectivity index (χ4v) is 2.35. The summed E-state index contributed by atoms with van der Waals surface area (Å²) in [4.78, 5) is 11.8. The van der Waals surface area contributed by atoms with Gasteiger partial charge in [0, 0.05) is 18.0 Å². The van der Waals surface area contributed by atoms with Gasteiger partial charge in [0.1, 0.15) is 0 Å². The van der Waals surface area contributed by atoms with Crippen LogP contribution in [0.2, 0.25) is 0 Å². The summed E-state index contributed by atoms with van der Waals surface area (Å²) in [6.07, 6.45) is 0.979. The highest BCUT2D eigenvalue weighted by Gasteiger charge is 2.27. The molecule has 2 nitrogen and oxygen atoms in total. The second kappa shape index (κ2) is 4.28. The van der Waals surface area contributed by atoms with Crippen LogP contribution in [0.25, 0.3) is 0 Å². The highest BCUT2D eigenvalue weighted by atomic mass is 16.1. The Kier molecular flexibility index (Phi) is 2.99. The molecule has 16 heavy (non-hydrogen) atoms. The van der Waals surface area contributed by atoms with E-state index in [1.807, 2.05) is 6.07 Å². The van der Waals surface area contributed by atoms with Crippen LogP contribution in [0.5, 0.6) is 0 Å². The van der Waals surface area contributed by atoms with Crippen LogP contribution in [0.15, 0.2) is 18.2 Å². The third-order valence-electron chi connectivity index (χ3n) is 3.46. The van der Waals surface area contributed by atoms with Crippen LogP contribution in [-0.2, 0) is 6.42 Å². The van der Waals surface area contributed by atoms with E-state index in [1.165, 1.54) is 11.1 Å². The Hall–Kier alpha value is -1.31. The molecule has 0 saturated heterocycles. The van der Waals surface area contributed by atoms with Gasteiger partial charge in [0.2, 0.25) is 0 Å². The summed E-state index contributed by atoms with van der Waals surface area (Å²) in [5.41, 5.74) is 3.33. The second-order valence-corrected chi connectivity index (χ2v) is 4.84. The zero-order valence-corrected chi connectivity index (χ0v) is 10.2. The first kappa shape index (κ1) is 11.2. The van der Waals surface area contributed by atoms with E-state index in [0.29, 0.717) is 11.8 Å². The fourth-order valence-electron chi connectivity index (χ4n) is 2.35. The molecule has 1 aliphatic rings. The summed E-state index contributed by atoms with van der Waals surface area (Å²) in [6, 6.07) is 6.32. The molecule has 0 fully saturated rings. The first-order valence-electron chi connectivity index (χ1n) is 6.04. The maximum absolute atomic E-state index is 11.8. The van der Waals surface area contributed by atoms with E-state index in [1.54, 1.807) is 0 Å². The smallest absolute Gasteiger partial charge is 0.251 e. The quantitative estimate of drug-likeness (QED) is 0.811. The number of carbonyl (C=O) groups is 1. The molecule has 1 aromatic rings. The number of hydrogen-bond acceptors (Lipinski definition) is 1.